The molecule has 2 nitrogen and oxygen atoms in total. The van der Waals surface area contributed by atoms with Gasteiger partial charge >= 0.3 is 0 Å². The number of aromatic nitrogens is 1. The van der Waals surface area contributed by atoms with Crippen molar-refractivity contribution < 1.29 is 0 Å². The number of hydrogen-bond donors (Lipinski definition) is 1. The largest absolute Gasteiger partial charge is 0.330 e. The molecule has 2 heteroatoms. The lowest BCUT2D eigenvalue weighted by molar-refractivity contribution is 0.829. The molecule has 0 saturated carbocycles. The van der Waals surface area contributed by atoms with Gasteiger partial charge in [0.1, 0.15) is 0 Å². The standard InChI is InChI=1S/C8H12N2/c9-5-1-3-8-4-2-6-10-7-8/h2,4,6-7H,1,3,5,9H2. The zero-order chi connectivity index (χ0) is 7.23. The van der Waals surface area contributed by atoms with Crippen molar-refractivity contribution in [3.05, 3.63) is 30.1 Å². The van der Waals surface area contributed by atoms with Crippen molar-refractivity contribution in [1.29, 1.82) is 0 Å². The van der Waals surface area contributed by atoms with E-state index < -0.39 is 0 Å². The van der Waals surface area contributed by atoms with Gasteiger partial charge in [-0.05, 0) is 31.0 Å². The van der Waals surface area contributed by atoms with E-state index in [0.29, 0.717) is 0 Å². The van der Waals surface area contributed by atoms with E-state index in [1.807, 2.05) is 12.3 Å². The highest BCUT2D eigenvalue weighted by atomic mass is 14.6. The van der Waals surface area contributed by atoms with Crippen LogP contribution in [0.3, 0.4) is 0 Å². The Morgan fingerprint density at radius 3 is 3.00 bits per heavy atom. The number of rotatable bonds is 3. The van der Waals surface area contributed by atoms with Gasteiger partial charge in [-0.3, -0.25) is 4.98 Å². The van der Waals surface area contributed by atoms with Crippen LogP contribution in [0, 0.1) is 0 Å². The van der Waals surface area contributed by atoms with E-state index in [0.717, 1.165) is 19.4 Å². The van der Waals surface area contributed by atoms with E-state index >= 15 is 0 Å². The summed E-state index contributed by atoms with van der Waals surface area (Å²) in [5, 5.41) is 0. The molecule has 0 unspecified atom stereocenters. The Morgan fingerprint density at radius 1 is 1.50 bits per heavy atom. The summed E-state index contributed by atoms with van der Waals surface area (Å²) in [6.45, 7) is 0.759. The molecular formula is C8H12N2. The summed E-state index contributed by atoms with van der Waals surface area (Å²) >= 11 is 0. The van der Waals surface area contributed by atoms with Crippen LogP contribution >= 0.6 is 0 Å². The first-order valence-electron chi connectivity index (χ1n) is 3.52. The maximum absolute atomic E-state index is 5.36. The van der Waals surface area contributed by atoms with Crippen LogP contribution in [-0.4, -0.2) is 11.5 Å². The summed E-state index contributed by atoms with van der Waals surface area (Å²) in [5.74, 6) is 0. The molecule has 1 rings (SSSR count). The van der Waals surface area contributed by atoms with Crippen molar-refractivity contribution in [1.82, 2.24) is 4.98 Å². The second kappa shape index (κ2) is 4.01. The number of pyridine rings is 1. The van der Waals surface area contributed by atoms with Gasteiger partial charge in [0.15, 0.2) is 0 Å². The fourth-order valence-corrected chi connectivity index (χ4v) is 0.852. The molecule has 0 aliphatic rings. The Hall–Kier alpha value is -0.890. The van der Waals surface area contributed by atoms with E-state index in [9.17, 15) is 0 Å². The minimum atomic E-state index is 0.759. The first-order chi connectivity index (χ1) is 4.93. The van der Waals surface area contributed by atoms with Crippen molar-refractivity contribution in [3.8, 4) is 0 Å². The second-order valence-corrected chi connectivity index (χ2v) is 2.25. The Labute approximate surface area is 61.1 Å². The van der Waals surface area contributed by atoms with Gasteiger partial charge in [0.05, 0.1) is 0 Å². The average Bonchev–Trinajstić information content (AvgIpc) is 2.03. The number of nitrogens with two attached hydrogens (primary N) is 1. The van der Waals surface area contributed by atoms with E-state index in [-0.39, 0.29) is 0 Å². The highest BCUT2D eigenvalue weighted by Gasteiger charge is 1.88. The molecule has 0 bridgehead atoms. The molecule has 1 aromatic heterocycles. The van der Waals surface area contributed by atoms with Gasteiger partial charge in [-0.25, -0.2) is 0 Å². The fourth-order valence-electron chi connectivity index (χ4n) is 0.852. The van der Waals surface area contributed by atoms with Crippen molar-refractivity contribution in [2.75, 3.05) is 6.54 Å². The van der Waals surface area contributed by atoms with Crippen LogP contribution in [0.5, 0.6) is 0 Å². The summed E-state index contributed by atoms with van der Waals surface area (Å²) < 4.78 is 0. The van der Waals surface area contributed by atoms with Gasteiger partial charge < -0.3 is 5.73 Å². The zero-order valence-corrected chi connectivity index (χ0v) is 5.96. The third-order valence-corrected chi connectivity index (χ3v) is 1.39. The zero-order valence-electron chi connectivity index (χ0n) is 5.96. The Balaban J connectivity index is 2.43. The molecular weight excluding hydrogens is 124 g/mol. The smallest absolute Gasteiger partial charge is 0.0299 e. The van der Waals surface area contributed by atoms with Crippen LogP contribution in [-0.2, 0) is 6.42 Å². The van der Waals surface area contributed by atoms with E-state index in [2.05, 4.69) is 11.1 Å². The Bertz CT molecular complexity index is 172. The van der Waals surface area contributed by atoms with E-state index in [4.69, 9.17) is 5.73 Å². The summed E-state index contributed by atoms with van der Waals surface area (Å²) in [5.41, 5.74) is 6.63. The fraction of sp³-hybridized carbons (Fsp3) is 0.375. The number of hydrogen-bond acceptors (Lipinski definition) is 2. The maximum atomic E-state index is 5.36. The van der Waals surface area contributed by atoms with Gasteiger partial charge in [0.25, 0.3) is 0 Å². The molecule has 10 heavy (non-hydrogen) atoms. The molecule has 0 saturated heterocycles. The normalized spacial score (nSPS) is 9.70. The molecule has 0 aromatic carbocycles. The Kier molecular flexibility index (Phi) is 2.90. The molecule has 0 amide bonds. The molecule has 0 aliphatic carbocycles. The van der Waals surface area contributed by atoms with Crippen LogP contribution in [0.15, 0.2) is 24.5 Å². The highest BCUT2D eigenvalue weighted by Crippen LogP contribution is 1.98. The average molecular weight is 136 g/mol. The third kappa shape index (κ3) is 2.15. The molecule has 54 valence electrons. The van der Waals surface area contributed by atoms with Crippen molar-refractivity contribution in [2.24, 2.45) is 5.73 Å². The van der Waals surface area contributed by atoms with Gasteiger partial charge in [0.2, 0.25) is 0 Å². The van der Waals surface area contributed by atoms with E-state index in [1.165, 1.54) is 5.56 Å². The SMILES string of the molecule is NCCCc1cccnc1. The summed E-state index contributed by atoms with van der Waals surface area (Å²) in [6.07, 6.45) is 5.76. The van der Waals surface area contributed by atoms with Gasteiger partial charge in [-0.2, -0.15) is 0 Å². The van der Waals surface area contributed by atoms with E-state index in [1.54, 1.807) is 6.20 Å². The quantitative estimate of drug-likeness (QED) is 0.672. The molecule has 0 radical (unpaired) electrons. The number of nitrogens with zero attached hydrogens (tertiary/aromatic N) is 1. The first-order valence-corrected chi connectivity index (χ1v) is 3.52. The predicted octanol–water partition coefficient (Wildman–Crippen LogP) is 0.973. The summed E-state index contributed by atoms with van der Waals surface area (Å²) in [6, 6.07) is 4.02. The van der Waals surface area contributed by atoms with Crippen molar-refractivity contribution in [2.45, 2.75) is 12.8 Å². The van der Waals surface area contributed by atoms with Gasteiger partial charge in [0, 0.05) is 12.4 Å². The third-order valence-electron chi connectivity index (χ3n) is 1.39. The summed E-state index contributed by atoms with van der Waals surface area (Å²) in [7, 11) is 0. The topological polar surface area (TPSA) is 38.9 Å². The molecule has 0 fully saturated rings. The molecule has 1 heterocycles. The van der Waals surface area contributed by atoms with Crippen LogP contribution < -0.4 is 5.73 Å². The highest BCUT2D eigenvalue weighted by molar-refractivity contribution is 5.08. The van der Waals surface area contributed by atoms with Crippen LogP contribution in [0.1, 0.15) is 12.0 Å². The van der Waals surface area contributed by atoms with Gasteiger partial charge in [-0.15, -0.1) is 0 Å². The number of aryl methyl sites for hydroxylation is 1. The monoisotopic (exact) mass is 136 g/mol. The molecule has 1 aromatic rings. The maximum Gasteiger partial charge on any atom is 0.0299 e. The minimum Gasteiger partial charge on any atom is -0.330 e. The van der Waals surface area contributed by atoms with Crippen LogP contribution in [0.25, 0.3) is 0 Å². The molecule has 0 aliphatic heterocycles. The second-order valence-electron chi connectivity index (χ2n) is 2.25. The Morgan fingerprint density at radius 2 is 2.40 bits per heavy atom. The lowest BCUT2D eigenvalue weighted by Crippen LogP contribution is -2.00. The van der Waals surface area contributed by atoms with Crippen LogP contribution in [0.4, 0.5) is 0 Å². The van der Waals surface area contributed by atoms with Gasteiger partial charge in [-0.1, -0.05) is 6.07 Å². The summed E-state index contributed by atoms with van der Waals surface area (Å²) in [4.78, 5) is 4.00. The predicted molar refractivity (Wildman–Crippen MR) is 41.6 cm³/mol. The van der Waals surface area contributed by atoms with Crippen molar-refractivity contribution >= 4 is 0 Å². The first kappa shape index (κ1) is 7.22. The molecule has 2 N–H and O–H groups in total. The molecule has 0 atom stereocenters. The van der Waals surface area contributed by atoms with Crippen molar-refractivity contribution in [3.63, 3.8) is 0 Å². The van der Waals surface area contributed by atoms with Crippen LogP contribution in [0.2, 0.25) is 0 Å². The lowest BCUT2D eigenvalue weighted by atomic mass is 10.2. The molecule has 0 spiro atoms. The lowest BCUT2D eigenvalue weighted by Gasteiger charge is -1.95. The minimum absolute atomic E-state index is 0.759.